The molecule has 0 aliphatic heterocycles. The minimum atomic E-state index is -1.52. The van der Waals surface area contributed by atoms with E-state index in [1.807, 2.05) is 48.5 Å². The summed E-state index contributed by atoms with van der Waals surface area (Å²) < 4.78 is 0. The maximum atomic E-state index is 9.85. The van der Waals surface area contributed by atoms with Gasteiger partial charge >= 0.3 is 7.12 Å². The fraction of sp³-hybridized carbons (Fsp3) is 0. The van der Waals surface area contributed by atoms with E-state index in [0.29, 0.717) is 5.46 Å². The molecule has 0 saturated heterocycles. The van der Waals surface area contributed by atoms with Crippen molar-refractivity contribution in [3.05, 3.63) is 91.0 Å². The van der Waals surface area contributed by atoms with E-state index in [1.165, 1.54) is 0 Å². The third-order valence-electron chi connectivity index (χ3n) is 4.52. The van der Waals surface area contributed by atoms with Gasteiger partial charge in [0.25, 0.3) is 0 Å². The van der Waals surface area contributed by atoms with Crippen molar-refractivity contribution in [1.29, 1.82) is 0 Å². The van der Waals surface area contributed by atoms with Gasteiger partial charge in [-0.05, 0) is 38.5 Å². The average Bonchev–Trinajstić information content (AvgIpc) is 2.67. The summed E-state index contributed by atoms with van der Waals surface area (Å²) in [5, 5.41) is 21.9. The number of fused-ring (bicyclic) bond motifs is 1. The van der Waals surface area contributed by atoms with Crippen molar-refractivity contribution in [1.82, 2.24) is 0 Å². The van der Waals surface area contributed by atoms with Gasteiger partial charge in [-0.25, -0.2) is 0 Å². The monoisotopic (exact) mass is 324 g/mol. The molecule has 4 aromatic carbocycles. The van der Waals surface area contributed by atoms with Crippen LogP contribution in [0.1, 0.15) is 0 Å². The minimum absolute atomic E-state index is 0.510. The number of hydrogen-bond acceptors (Lipinski definition) is 2. The molecule has 0 aliphatic carbocycles. The zero-order valence-electron chi connectivity index (χ0n) is 13.6. The number of rotatable bonds is 3. The van der Waals surface area contributed by atoms with E-state index >= 15 is 0 Å². The lowest BCUT2D eigenvalue weighted by atomic mass is 9.74. The summed E-state index contributed by atoms with van der Waals surface area (Å²) in [5.74, 6) is 0. The summed E-state index contributed by atoms with van der Waals surface area (Å²) in [6.07, 6.45) is 0. The van der Waals surface area contributed by atoms with Gasteiger partial charge in [0, 0.05) is 0 Å². The number of hydrogen-bond donors (Lipinski definition) is 2. The fourth-order valence-electron chi connectivity index (χ4n) is 3.37. The van der Waals surface area contributed by atoms with Crippen LogP contribution in [0.5, 0.6) is 0 Å². The molecule has 0 unspecified atom stereocenters. The van der Waals surface area contributed by atoms with E-state index in [-0.39, 0.29) is 0 Å². The van der Waals surface area contributed by atoms with Crippen LogP contribution in [-0.4, -0.2) is 17.2 Å². The molecule has 0 fully saturated rings. The number of benzene rings is 4. The molecule has 25 heavy (non-hydrogen) atoms. The van der Waals surface area contributed by atoms with Gasteiger partial charge in [-0.15, -0.1) is 0 Å². The molecule has 3 heteroatoms. The van der Waals surface area contributed by atoms with Gasteiger partial charge in [-0.1, -0.05) is 91.0 Å². The van der Waals surface area contributed by atoms with Crippen LogP contribution in [0.25, 0.3) is 33.0 Å². The predicted octanol–water partition coefficient (Wildman–Crippen LogP) is 3.85. The highest BCUT2D eigenvalue weighted by atomic mass is 16.4. The first-order valence-corrected chi connectivity index (χ1v) is 8.28. The van der Waals surface area contributed by atoms with Crippen molar-refractivity contribution in [3.63, 3.8) is 0 Å². The van der Waals surface area contributed by atoms with E-state index in [9.17, 15) is 10.0 Å². The second-order valence-electron chi connectivity index (χ2n) is 6.04. The van der Waals surface area contributed by atoms with E-state index in [0.717, 1.165) is 33.0 Å². The average molecular weight is 324 g/mol. The van der Waals surface area contributed by atoms with Gasteiger partial charge in [0.05, 0.1) is 0 Å². The summed E-state index contributed by atoms with van der Waals surface area (Å²) in [6, 6.07) is 30.0. The Morgan fingerprint density at radius 3 is 2.04 bits per heavy atom. The lowest BCUT2D eigenvalue weighted by Crippen LogP contribution is -2.31. The molecule has 0 bridgehead atoms. The first-order valence-electron chi connectivity index (χ1n) is 8.28. The third-order valence-corrected chi connectivity index (χ3v) is 4.52. The molecule has 0 heterocycles. The zero-order valence-corrected chi connectivity index (χ0v) is 13.6. The van der Waals surface area contributed by atoms with Crippen molar-refractivity contribution >= 4 is 23.4 Å². The van der Waals surface area contributed by atoms with Crippen LogP contribution in [0.3, 0.4) is 0 Å². The highest BCUT2D eigenvalue weighted by molar-refractivity contribution is 6.60. The molecular weight excluding hydrogens is 307 g/mol. The smallest absolute Gasteiger partial charge is 0.423 e. The lowest BCUT2D eigenvalue weighted by Gasteiger charge is -2.17. The lowest BCUT2D eigenvalue weighted by molar-refractivity contribution is 0.426. The van der Waals surface area contributed by atoms with Crippen LogP contribution in [0.15, 0.2) is 91.0 Å². The van der Waals surface area contributed by atoms with E-state index in [1.54, 1.807) is 6.07 Å². The van der Waals surface area contributed by atoms with E-state index in [2.05, 4.69) is 36.4 Å². The molecule has 2 nitrogen and oxygen atoms in total. The summed E-state index contributed by atoms with van der Waals surface area (Å²) in [5.41, 5.74) is 4.55. The molecule has 0 saturated carbocycles. The Morgan fingerprint density at radius 2 is 1.24 bits per heavy atom. The summed E-state index contributed by atoms with van der Waals surface area (Å²) in [7, 11) is -1.52. The Hall–Kier alpha value is -2.88. The Kier molecular flexibility index (Phi) is 4.10. The Balaban J connectivity index is 2.11. The summed E-state index contributed by atoms with van der Waals surface area (Å²) in [4.78, 5) is 0. The molecule has 0 radical (unpaired) electrons. The maximum Gasteiger partial charge on any atom is 0.489 e. The molecule has 0 aliphatic rings. The topological polar surface area (TPSA) is 40.5 Å². The molecule has 2 N–H and O–H groups in total. The van der Waals surface area contributed by atoms with Crippen molar-refractivity contribution in [3.8, 4) is 22.3 Å². The van der Waals surface area contributed by atoms with Crippen LogP contribution in [0.2, 0.25) is 0 Å². The van der Waals surface area contributed by atoms with Gasteiger partial charge in [0.2, 0.25) is 0 Å². The minimum Gasteiger partial charge on any atom is -0.423 e. The van der Waals surface area contributed by atoms with E-state index in [4.69, 9.17) is 0 Å². The molecule has 120 valence electrons. The molecule has 4 aromatic rings. The first kappa shape index (κ1) is 15.6. The quantitative estimate of drug-likeness (QED) is 0.562. The Bertz CT molecular complexity index is 1030. The SMILES string of the molecule is OB(O)c1ccccc1-c1c(-c2ccccc2)ccc2ccccc12. The Morgan fingerprint density at radius 1 is 0.560 bits per heavy atom. The summed E-state index contributed by atoms with van der Waals surface area (Å²) >= 11 is 0. The normalized spacial score (nSPS) is 10.8. The summed E-state index contributed by atoms with van der Waals surface area (Å²) in [6.45, 7) is 0. The van der Waals surface area contributed by atoms with Crippen LogP contribution in [0.4, 0.5) is 0 Å². The molecule has 4 rings (SSSR count). The molecule has 0 amide bonds. The predicted molar refractivity (Wildman–Crippen MR) is 105 cm³/mol. The molecule has 0 spiro atoms. The fourth-order valence-corrected chi connectivity index (χ4v) is 3.37. The van der Waals surface area contributed by atoms with Crippen molar-refractivity contribution in [2.75, 3.05) is 0 Å². The van der Waals surface area contributed by atoms with Gasteiger partial charge in [0.1, 0.15) is 0 Å². The molecular formula is C22H17BO2. The third kappa shape index (κ3) is 2.84. The van der Waals surface area contributed by atoms with Crippen molar-refractivity contribution in [2.24, 2.45) is 0 Å². The van der Waals surface area contributed by atoms with Gasteiger partial charge in [0.15, 0.2) is 0 Å². The van der Waals surface area contributed by atoms with Gasteiger partial charge in [-0.2, -0.15) is 0 Å². The van der Waals surface area contributed by atoms with Crippen molar-refractivity contribution in [2.45, 2.75) is 0 Å². The van der Waals surface area contributed by atoms with Crippen LogP contribution in [-0.2, 0) is 0 Å². The largest absolute Gasteiger partial charge is 0.489 e. The zero-order chi connectivity index (χ0) is 17.2. The standard InChI is InChI=1S/C22H17BO2/c24-23(25)21-13-7-6-12-20(21)22-18-11-5-4-10-17(18)14-15-19(22)16-8-2-1-3-9-16/h1-15,24-25H. The van der Waals surface area contributed by atoms with Crippen LogP contribution in [0, 0.1) is 0 Å². The van der Waals surface area contributed by atoms with Gasteiger partial charge in [-0.3, -0.25) is 0 Å². The maximum absolute atomic E-state index is 9.85. The van der Waals surface area contributed by atoms with E-state index < -0.39 is 7.12 Å². The van der Waals surface area contributed by atoms with Gasteiger partial charge < -0.3 is 10.0 Å². The van der Waals surface area contributed by atoms with Crippen LogP contribution >= 0.6 is 0 Å². The van der Waals surface area contributed by atoms with Crippen molar-refractivity contribution < 1.29 is 10.0 Å². The highest BCUT2D eigenvalue weighted by Gasteiger charge is 2.20. The second-order valence-corrected chi connectivity index (χ2v) is 6.04. The second kappa shape index (κ2) is 6.56. The molecule has 0 aromatic heterocycles. The highest BCUT2D eigenvalue weighted by Crippen LogP contribution is 2.37. The van der Waals surface area contributed by atoms with Crippen LogP contribution < -0.4 is 5.46 Å². The first-order chi connectivity index (χ1) is 12.3. The molecule has 0 atom stereocenters. The Labute approximate surface area is 147 Å².